The van der Waals surface area contributed by atoms with E-state index in [-0.39, 0.29) is 29.7 Å². The Bertz CT molecular complexity index is 974. The van der Waals surface area contributed by atoms with Gasteiger partial charge in [0, 0.05) is 30.6 Å². The van der Waals surface area contributed by atoms with Gasteiger partial charge in [-0.25, -0.2) is 0 Å². The molecular weight excluding hydrogens is 416 g/mol. The normalized spacial score (nSPS) is 17.5. The number of esters is 1. The molecule has 7 heteroatoms. The minimum absolute atomic E-state index is 0.0317. The second-order valence-electron chi connectivity index (χ2n) is 8.95. The highest BCUT2D eigenvalue weighted by molar-refractivity contribution is 5.96. The van der Waals surface area contributed by atoms with Crippen molar-refractivity contribution >= 4 is 17.7 Å². The van der Waals surface area contributed by atoms with Crippen molar-refractivity contribution in [2.24, 2.45) is 11.7 Å². The Kier molecular flexibility index (Phi) is 7.40. The lowest BCUT2D eigenvalue weighted by molar-refractivity contribution is -0.151. The van der Waals surface area contributed by atoms with Crippen molar-refractivity contribution in [3.8, 4) is 11.1 Å². The van der Waals surface area contributed by atoms with Gasteiger partial charge < -0.3 is 20.7 Å². The summed E-state index contributed by atoms with van der Waals surface area (Å²) in [4.78, 5) is 27.1. The zero-order chi connectivity index (χ0) is 23.2. The van der Waals surface area contributed by atoms with Gasteiger partial charge in [-0.3, -0.25) is 15.0 Å². The minimum atomic E-state index is -0.0985. The third kappa shape index (κ3) is 5.99. The number of hydrogen-bond acceptors (Lipinski definition) is 5. The maximum Gasteiger partial charge on any atom is 0.306 e. The van der Waals surface area contributed by atoms with Crippen LogP contribution in [0.4, 0.5) is 0 Å². The number of carbonyl (C=O) groups excluding carboxylic acids is 2. The van der Waals surface area contributed by atoms with Crippen molar-refractivity contribution in [3.05, 3.63) is 59.7 Å². The lowest BCUT2D eigenvalue weighted by atomic mass is 9.93. The van der Waals surface area contributed by atoms with Gasteiger partial charge in [0.05, 0.1) is 0 Å². The summed E-state index contributed by atoms with van der Waals surface area (Å²) in [5, 5.41) is 10.8. The molecule has 2 aliphatic heterocycles. The monoisotopic (exact) mass is 448 g/mol. The molecule has 0 aliphatic carbocycles. The molecule has 33 heavy (non-hydrogen) atoms. The molecule has 2 fully saturated rings. The molecule has 0 bridgehead atoms. The lowest BCUT2D eigenvalue weighted by Gasteiger charge is -2.32. The number of nitrogen functional groups attached to an aromatic ring is 1. The molecule has 0 saturated carbocycles. The van der Waals surface area contributed by atoms with Gasteiger partial charge in [-0.15, -0.1) is 0 Å². The van der Waals surface area contributed by atoms with Crippen LogP contribution >= 0.6 is 0 Å². The molecule has 174 valence electrons. The molecule has 2 aromatic rings. The number of carbonyl (C=O) groups is 2. The van der Waals surface area contributed by atoms with Gasteiger partial charge in [-0.05, 0) is 68.0 Å². The number of piperidine rings is 2. The topological polar surface area (TPSA) is 109 Å². The van der Waals surface area contributed by atoms with Crippen LogP contribution in [0, 0.1) is 11.3 Å². The van der Waals surface area contributed by atoms with Crippen LogP contribution in [-0.2, 0) is 9.53 Å². The molecule has 4 rings (SSSR count). The fourth-order valence-electron chi connectivity index (χ4n) is 4.55. The van der Waals surface area contributed by atoms with Crippen molar-refractivity contribution in [1.29, 1.82) is 5.41 Å². The van der Waals surface area contributed by atoms with Crippen LogP contribution < -0.4 is 11.1 Å². The van der Waals surface area contributed by atoms with Crippen LogP contribution in [-0.4, -0.2) is 54.9 Å². The highest BCUT2D eigenvalue weighted by Crippen LogP contribution is 2.25. The Balaban J connectivity index is 1.26. The first-order chi connectivity index (χ1) is 16.0. The molecule has 0 unspecified atom stereocenters. The summed E-state index contributed by atoms with van der Waals surface area (Å²) in [6.07, 6.45) is 3.93. The highest BCUT2D eigenvalue weighted by atomic mass is 16.5. The van der Waals surface area contributed by atoms with Crippen molar-refractivity contribution in [1.82, 2.24) is 10.2 Å². The summed E-state index contributed by atoms with van der Waals surface area (Å²) in [7, 11) is 0. The van der Waals surface area contributed by atoms with Crippen LogP contribution in [0.15, 0.2) is 48.5 Å². The standard InChI is InChI=1S/C26H32N4O3/c27-25(28)21-5-1-19(2-6-21)20-3-7-22(8-4-20)26(32)30-15-11-18(12-16-30)17-24(31)33-23-9-13-29-14-10-23/h1-8,18,23,29H,9-17H2,(H3,27,28). The Labute approximate surface area is 194 Å². The Hall–Kier alpha value is -3.19. The highest BCUT2D eigenvalue weighted by Gasteiger charge is 2.26. The molecule has 2 saturated heterocycles. The van der Waals surface area contributed by atoms with E-state index in [1.54, 1.807) is 0 Å². The first-order valence-corrected chi connectivity index (χ1v) is 11.7. The Morgan fingerprint density at radius 3 is 2.00 bits per heavy atom. The van der Waals surface area contributed by atoms with E-state index in [0.717, 1.165) is 49.9 Å². The van der Waals surface area contributed by atoms with E-state index in [4.69, 9.17) is 15.9 Å². The largest absolute Gasteiger partial charge is 0.462 e. The SMILES string of the molecule is N=C(N)c1ccc(-c2ccc(C(=O)N3CCC(CC(=O)OC4CCNCC4)CC3)cc2)cc1. The quantitative estimate of drug-likeness (QED) is 0.357. The van der Waals surface area contributed by atoms with Crippen LogP contribution in [0.1, 0.15) is 48.0 Å². The summed E-state index contributed by atoms with van der Waals surface area (Å²) in [5.41, 5.74) is 8.89. The predicted molar refractivity (Wildman–Crippen MR) is 128 cm³/mol. The van der Waals surface area contributed by atoms with E-state index in [9.17, 15) is 9.59 Å². The first-order valence-electron chi connectivity index (χ1n) is 11.7. The molecule has 2 aliphatic rings. The second-order valence-corrected chi connectivity index (χ2v) is 8.95. The van der Waals surface area contributed by atoms with Gasteiger partial charge >= 0.3 is 5.97 Å². The van der Waals surface area contributed by atoms with Crippen LogP contribution in [0.3, 0.4) is 0 Å². The van der Waals surface area contributed by atoms with Gasteiger partial charge in [0.1, 0.15) is 11.9 Å². The van der Waals surface area contributed by atoms with E-state index in [2.05, 4.69) is 5.32 Å². The molecule has 0 radical (unpaired) electrons. The second kappa shape index (κ2) is 10.6. The molecule has 0 aromatic heterocycles. The van der Waals surface area contributed by atoms with Gasteiger partial charge in [0.15, 0.2) is 0 Å². The maximum atomic E-state index is 12.9. The van der Waals surface area contributed by atoms with Crippen molar-refractivity contribution in [2.45, 2.75) is 38.2 Å². The maximum absolute atomic E-state index is 12.9. The number of likely N-dealkylation sites (tertiary alicyclic amines) is 1. The molecule has 0 atom stereocenters. The predicted octanol–water partition coefficient (Wildman–Crippen LogP) is 3.18. The zero-order valence-electron chi connectivity index (χ0n) is 18.9. The number of rotatable bonds is 6. The molecule has 7 nitrogen and oxygen atoms in total. The number of amides is 1. The van der Waals surface area contributed by atoms with Crippen molar-refractivity contribution in [3.63, 3.8) is 0 Å². The Morgan fingerprint density at radius 2 is 1.45 bits per heavy atom. The van der Waals surface area contributed by atoms with E-state index < -0.39 is 0 Å². The number of nitrogens with two attached hydrogens (primary N) is 1. The lowest BCUT2D eigenvalue weighted by Crippen LogP contribution is -2.39. The fourth-order valence-corrected chi connectivity index (χ4v) is 4.55. The van der Waals surface area contributed by atoms with E-state index in [1.807, 2.05) is 53.4 Å². The number of hydrogen-bond donors (Lipinski definition) is 3. The minimum Gasteiger partial charge on any atom is -0.462 e. The third-order valence-corrected chi connectivity index (χ3v) is 6.60. The molecule has 4 N–H and O–H groups in total. The first kappa shape index (κ1) is 23.0. The van der Waals surface area contributed by atoms with Crippen LogP contribution in [0.5, 0.6) is 0 Å². The number of nitrogens with one attached hydrogen (secondary N) is 2. The molecule has 2 aromatic carbocycles. The Morgan fingerprint density at radius 1 is 0.909 bits per heavy atom. The van der Waals surface area contributed by atoms with Crippen molar-refractivity contribution < 1.29 is 14.3 Å². The summed E-state index contributed by atoms with van der Waals surface area (Å²) in [6.45, 7) is 3.15. The summed E-state index contributed by atoms with van der Waals surface area (Å²) in [5.74, 6) is 0.261. The van der Waals surface area contributed by atoms with Gasteiger partial charge in [-0.1, -0.05) is 36.4 Å². The van der Waals surface area contributed by atoms with Gasteiger partial charge in [-0.2, -0.15) is 0 Å². The average molecular weight is 449 g/mol. The van der Waals surface area contributed by atoms with Gasteiger partial charge in [0.2, 0.25) is 0 Å². The summed E-state index contributed by atoms with van der Waals surface area (Å²) in [6, 6.07) is 15.1. The fraction of sp³-hybridized carbons (Fsp3) is 0.423. The summed E-state index contributed by atoms with van der Waals surface area (Å²) < 4.78 is 5.63. The number of ether oxygens (including phenoxy) is 1. The number of benzene rings is 2. The van der Waals surface area contributed by atoms with Gasteiger partial charge in [0.25, 0.3) is 5.91 Å². The smallest absolute Gasteiger partial charge is 0.306 e. The van der Waals surface area contributed by atoms with E-state index in [1.165, 1.54) is 0 Å². The molecule has 2 heterocycles. The van der Waals surface area contributed by atoms with E-state index in [0.29, 0.717) is 30.6 Å². The summed E-state index contributed by atoms with van der Waals surface area (Å²) >= 11 is 0. The van der Waals surface area contributed by atoms with Crippen LogP contribution in [0.2, 0.25) is 0 Å². The third-order valence-electron chi connectivity index (χ3n) is 6.60. The van der Waals surface area contributed by atoms with Crippen molar-refractivity contribution in [2.75, 3.05) is 26.2 Å². The number of nitrogens with zero attached hydrogens (tertiary/aromatic N) is 1. The average Bonchev–Trinajstić information content (AvgIpc) is 2.85. The van der Waals surface area contributed by atoms with Crippen LogP contribution in [0.25, 0.3) is 11.1 Å². The molecule has 1 amide bonds. The molecule has 0 spiro atoms. The number of amidine groups is 1. The van der Waals surface area contributed by atoms with E-state index >= 15 is 0 Å². The molecular formula is C26H32N4O3. The zero-order valence-corrected chi connectivity index (χ0v) is 18.9.